The Kier molecular flexibility index (Phi) is 6.33. The number of nitrogens with zero attached hydrogens (tertiary/aromatic N) is 2. The molecule has 0 aliphatic rings. The molecule has 0 fully saturated rings. The second kappa shape index (κ2) is 9.51. The van der Waals surface area contributed by atoms with E-state index in [9.17, 15) is 20.0 Å². The van der Waals surface area contributed by atoms with Gasteiger partial charge in [-0.15, -0.1) is 0 Å². The zero-order valence-corrected chi connectivity index (χ0v) is 18.9. The molecule has 0 aliphatic carbocycles. The number of hydrogen-bond acceptors (Lipinski definition) is 3. The Labute approximate surface area is 197 Å². The maximum atomic E-state index is 12.7. The van der Waals surface area contributed by atoms with Crippen LogP contribution in [0.4, 0.5) is 0 Å². The molecular formula is C27H24N4O3. The van der Waals surface area contributed by atoms with E-state index < -0.39 is 11.9 Å². The Hall–Kier alpha value is -4.57. The van der Waals surface area contributed by atoms with E-state index in [2.05, 4.69) is 10.3 Å². The van der Waals surface area contributed by atoms with Crippen molar-refractivity contribution in [2.24, 2.45) is 0 Å². The number of aromatic amines is 1. The van der Waals surface area contributed by atoms with E-state index >= 15 is 0 Å². The minimum atomic E-state index is -1.02. The Bertz CT molecular complexity index is 1470. The quantitative estimate of drug-likeness (QED) is 0.282. The Morgan fingerprint density at radius 3 is 2.65 bits per heavy atom. The van der Waals surface area contributed by atoms with Gasteiger partial charge in [0.15, 0.2) is 0 Å². The molecule has 170 valence electrons. The van der Waals surface area contributed by atoms with Crippen molar-refractivity contribution in [2.75, 3.05) is 6.54 Å². The number of carboxylic acid groups (broad SMARTS) is 1. The molecule has 1 amide bonds. The smallest absolute Gasteiger partial charge is 0.337 e. The van der Waals surface area contributed by atoms with Gasteiger partial charge in [0.25, 0.3) is 5.91 Å². The summed E-state index contributed by atoms with van der Waals surface area (Å²) < 4.78 is 1.82. The van der Waals surface area contributed by atoms with Gasteiger partial charge in [-0.05, 0) is 61.7 Å². The average Bonchev–Trinajstić information content (AvgIpc) is 3.37. The van der Waals surface area contributed by atoms with E-state index in [4.69, 9.17) is 0 Å². The van der Waals surface area contributed by atoms with E-state index in [1.807, 2.05) is 61.0 Å². The van der Waals surface area contributed by atoms with Crippen LogP contribution in [-0.4, -0.2) is 33.1 Å². The summed E-state index contributed by atoms with van der Waals surface area (Å²) in [5.41, 5.74) is 5.06. The van der Waals surface area contributed by atoms with Crippen LogP contribution in [0.5, 0.6) is 0 Å². The second-order valence-corrected chi connectivity index (χ2v) is 8.02. The number of benzene rings is 2. The third-order valence-electron chi connectivity index (χ3n) is 5.87. The van der Waals surface area contributed by atoms with E-state index in [1.165, 1.54) is 0 Å². The molecule has 34 heavy (non-hydrogen) atoms. The number of nitriles is 1. The van der Waals surface area contributed by atoms with Gasteiger partial charge in [0.05, 0.1) is 11.3 Å². The molecule has 0 aliphatic heterocycles. The molecular weight excluding hydrogens is 428 g/mol. The van der Waals surface area contributed by atoms with Crippen molar-refractivity contribution in [3.8, 4) is 11.8 Å². The van der Waals surface area contributed by atoms with Crippen LogP contribution in [-0.2, 0) is 11.2 Å². The number of fused-ring (bicyclic) bond motifs is 1. The van der Waals surface area contributed by atoms with Crippen molar-refractivity contribution < 1.29 is 14.7 Å². The molecule has 0 saturated heterocycles. The van der Waals surface area contributed by atoms with Crippen molar-refractivity contribution in [1.29, 1.82) is 5.26 Å². The van der Waals surface area contributed by atoms with Gasteiger partial charge >= 0.3 is 5.97 Å². The highest BCUT2D eigenvalue weighted by Gasteiger charge is 2.17. The Morgan fingerprint density at radius 2 is 1.88 bits per heavy atom. The monoisotopic (exact) mass is 452 g/mol. The molecule has 0 bridgehead atoms. The van der Waals surface area contributed by atoms with Crippen LogP contribution in [0.2, 0.25) is 0 Å². The molecule has 2 aromatic carbocycles. The highest BCUT2D eigenvalue weighted by molar-refractivity contribution is 6.02. The van der Waals surface area contributed by atoms with Crippen LogP contribution >= 0.6 is 0 Å². The van der Waals surface area contributed by atoms with Gasteiger partial charge in [0.2, 0.25) is 0 Å². The van der Waals surface area contributed by atoms with Crippen molar-refractivity contribution in [3.63, 3.8) is 0 Å². The second-order valence-electron chi connectivity index (χ2n) is 8.02. The number of H-pyrrole nitrogens is 1. The van der Waals surface area contributed by atoms with E-state index in [0.29, 0.717) is 24.2 Å². The summed E-state index contributed by atoms with van der Waals surface area (Å²) >= 11 is 0. The molecule has 0 unspecified atom stereocenters. The summed E-state index contributed by atoms with van der Waals surface area (Å²) in [5, 5.41) is 23.1. The van der Waals surface area contributed by atoms with Gasteiger partial charge in [-0.25, -0.2) is 4.79 Å². The molecule has 2 aromatic heterocycles. The van der Waals surface area contributed by atoms with Crippen molar-refractivity contribution in [3.05, 3.63) is 94.4 Å². The molecule has 4 rings (SSSR count). The van der Waals surface area contributed by atoms with Gasteiger partial charge in [-0.2, -0.15) is 5.26 Å². The van der Waals surface area contributed by atoms with Gasteiger partial charge in [0.1, 0.15) is 11.6 Å². The first-order valence-corrected chi connectivity index (χ1v) is 10.9. The summed E-state index contributed by atoms with van der Waals surface area (Å²) in [7, 11) is 0. The minimum Gasteiger partial charge on any atom is -0.478 e. The van der Waals surface area contributed by atoms with Gasteiger partial charge in [-0.1, -0.05) is 30.3 Å². The number of carboxylic acids is 1. The van der Waals surface area contributed by atoms with Crippen LogP contribution in [0.1, 0.15) is 32.9 Å². The number of carbonyl (C=O) groups excluding carboxylic acids is 1. The summed E-state index contributed by atoms with van der Waals surface area (Å²) in [6, 6.07) is 18.5. The molecule has 0 radical (unpaired) electrons. The highest BCUT2D eigenvalue weighted by atomic mass is 16.4. The number of carbonyl (C=O) groups is 2. The number of nitrogens with one attached hydrogen (secondary N) is 2. The lowest BCUT2D eigenvalue weighted by atomic mass is 10.1. The fraction of sp³-hybridized carbons (Fsp3) is 0.148. The number of aromatic nitrogens is 2. The fourth-order valence-corrected chi connectivity index (χ4v) is 4.20. The average molecular weight is 453 g/mol. The van der Waals surface area contributed by atoms with Crippen molar-refractivity contribution >= 4 is 28.9 Å². The molecule has 4 aromatic rings. The highest BCUT2D eigenvalue weighted by Crippen LogP contribution is 2.25. The van der Waals surface area contributed by atoms with Crippen molar-refractivity contribution in [2.45, 2.75) is 20.3 Å². The standard InChI is InChI=1S/C27H24N4O3/c1-17-13-20(18(2)31(17)25-10-6-4-8-23(25)27(33)34)14-21(15-28)26(32)29-12-11-19-16-30-24-9-5-3-7-22(19)24/h3-10,13-14,16,30H,11-12H2,1-2H3,(H,29,32)(H,33,34)/b21-14+. The number of amides is 1. The lowest BCUT2D eigenvalue weighted by Crippen LogP contribution is -2.26. The van der Waals surface area contributed by atoms with Crippen molar-refractivity contribution in [1.82, 2.24) is 14.9 Å². The van der Waals surface area contributed by atoms with Gasteiger partial charge in [-0.3, -0.25) is 4.79 Å². The summed E-state index contributed by atoms with van der Waals surface area (Å²) in [6.07, 6.45) is 4.11. The van der Waals surface area contributed by atoms with Gasteiger partial charge in [0, 0.05) is 35.0 Å². The van der Waals surface area contributed by atoms with Gasteiger partial charge < -0.3 is 20.0 Å². The molecule has 0 atom stereocenters. The number of aromatic carboxylic acids is 1. The van der Waals surface area contributed by atoms with Crippen LogP contribution in [0.15, 0.2) is 66.4 Å². The molecule has 7 heteroatoms. The number of aryl methyl sites for hydroxylation is 1. The SMILES string of the molecule is Cc1cc(/C=C(\C#N)C(=O)NCCc2c[nH]c3ccccc23)c(C)n1-c1ccccc1C(=O)O. The predicted molar refractivity (Wildman–Crippen MR) is 131 cm³/mol. The maximum absolute atomic E-state index is 12.7. The normalized spacial score (nSPS) is 11.4. The summed E-state index contributed by atoms with van der Waals surface area (Å²) in [4.78, 5) is 27.6. The lowest BCUT2D eigenvalue weighted by Gasteiger charge is -2.12. The lowest BCUT2D eigenvalue weighted by molar-refractivity contribution is -0.117. The molecule has 0 saturated carbocycles. The van der Waals surface area contributed by atoms with Crippen LogP contribution in [0, 0.1) is 25.2 Å². The largest absolute Gasteiger partial charge is 0.478 e. The molecule has 7 nitrogen and oxygen atoms in total. The molecule has 3 N–H and O–H groups in total. The number of rotatable bonds is 7. The van der Waals surface area contributed by atoms with Crippen LogP contribution in [0.25, 0.3) is 22.7 Å². The third kappa shape index (κ3) is 4.34. The van der Waals surface area contributed by atoms with E-state index in [-0.39, 0.29) is 11.1 Å². The van der Waals surface area contributed by atoms with Crippen LogP contribution in [0.3, 0.4) is 0 Å². The predicted octanol–water partition coefficient (Wildman–Crippen LogP) is 4.54. The fourth-order valence-electron chi connectivity index (χ4n) is 4.20. The molecule has 0 spiro atoms. The van der Waals surface area contributed by atoms with Crippen LogP contribution < -0.4 is 5.32 Å². The van der Waals surface area contributed by atoms with E-state index in [0.717, 1.165) is 27.9 Å². The van der Waals surface area contributed by atoms with E-state index in [1.54, 1.807) is 30.3 Å². The Morgan fingerprint density at radius 1 is 1.15 bits per heavy atom. The first-order chi connectivity index (χ1) is 16.4. The topological polar surface area (TPSA) is 111 Å². The zero-order chi connectivity index (χ0) is 24.2. The maximum Gasteiger partial charge on any atom is 0.337 e. The third-order valence-corrected chi connectivity index (χ3v) is 5.87. The first kappa shape index (κ1) is 22.6. The number of para-hydroxylation sites is 2. The Balaban J connectivity index is 1.53. The summed E-state index contributed by atoms with van der Waals surface area (Å²) in [5.74, 6) is -1.47. The number of hydrogen-bond donors (Lipinski definition) is 3. The first-order valence-electron chi connectivity index (χ1n) is 10.9. The zero-order valence-electron chi connectivity index (χ0n) is 18.9. The minimum absolute atomic E-state index is 0.00861. The summed E-state index contributed by atoms with van der Waals surface area (Å²) in [6.45, 7) is 4.09. The molecule has 2 heterocycles.